The fraction of sp³-hybridized carbons (Fsp3) is 0.667. The molecule has 2 rings (SSSR count). The van der Waals surface area contributed by atoms with E-state index in [1.54, 1.807) is 0 Å². The largest absolute Gasteiger partial charge is 0.510 e. The van der Waals surface area contributed by atoms with Crippen molar-refractivity contribution < 1.29 is 28.5 Å². The van der Waals surface area contributed by atoms with Crippen molar-refractivity contribution in [2.24, 2.45) is 0 Å². The van der Waals surface area contributed by atoms with Gasteiger partial charge in [0.25, 0.3) is 0 Å². The summed E-state index contributed by atoms with van der Waals surface area (Å²) in [4.78, 5) is 20.9. The maximum absolute atomic E-state index is 10.5. The summed E-state index contributed by atoms with van der Waals surface area (Å²) in [6.07, 6.45) is -2.62. The van der Waals surface area contributed by atoms with Crippen molar-refractivity contribution in [2.45, 2.75) is 12.5 Å². The van der Waals surface area contributed by atoms with Gasteiger partial charge in [-0.15, -0.1) is 0 Å². The molecule has 13 heavy (non-hydrogen) atoms. The molecule has 0 spiro atoms. The minimum absolute atomic E-state index is 0.104. The molecule has 2 aliphatic heterocycles. The number of hydrogen-bond acceptors (Lipinski definition) is 7. The molecule has 0 saturated carbocycles. The van der Waals surface area contributed by atoms with E-state index >= 15 is 0 Å². The van der Waals surface area contributed by atoms with E-state index < -0.39 is 24.8 Å². The van der Waals surface area contributed by atoms with E-state index in [4.69, 9.17) is 0 Å². The van der Waals surface area contributed by atoms with Crippen molar-refractivity contribution in [3.05, 3.63) is 0 Å². The molecule has 0 aromatic carbocycles. The zero-order valence-corrected chi connectivity index (χ0v) is 6.52. The number of carbonyl (C=O) groups excluding carboxylic acids is 2. The van der Waals surface area contributed by atoms with E-state index in [1.807, 2.05) is 0 Å². The molecule has 0 bridgehead atoms. The van der Waals surface area contributed by atoms with Gasteiger partial charge in [0.15, 0.2) is 12.5 Å². The minimum atomic E-state index is -0.734. The number of nitrogens with one attached hydrogen (secondary N) is 1. The Bertz CT molecular complexity index is 217. The highest BCUT2D eigenvalue weighted by Crippen LogP contribution is 2.08. The molecule has 2 atom stereocenters. The summed E-state index contributed by atoms with van der Waals surface area (Å²) in [7, 11) is 0. The minimum Gasteiger partial charge on any atom is -0.429 e. The predicted octanol–water partition coefficient (Wildman–Crippen LogP) is -0.438. The van der Waals surface area contributed by atoms with Gasteiger partial charge in [-0.3, -0.25) is 0 Å². The van der Waals surface area contributed by atoms with Crippen LogP contribution in [0.15, 0.2) is 0 Å². The first-order valence-corrected chi connectivity index (χ1v) is 3.67. The maximum atomic E-state index is 10.5. The van der Waals surface area contributed by atoms with Gasteiger partial charge in [0, 0.05) is 0 Å². The first-order valence-electron chi connectivity index (χ1n) is 3.67. The average Bonchev–Trinajstić information content (AvgIpc) is 2.62. The number of rotatable bonds is 2. The molecular weight excluding hydrogens is 182 g/mol. The van der Waals surface area contributed by atoms with Crippen molar-refractivity contribution in [1.29, 1.82) is 0 Å². The third-order valence-corrected chi connectivity index (χ3v) is 1.55. The molecule has 0 aliphatic carbocycles. The van der Waals surface area contributed by atoms with Gasteiger partial charge < -0.3 is 18.9 Å². The molecule has 7 nitrogen and oxygen atoms in total. The Morgan fingerprint density at radius 2 is 1.46 bits per heavy atom. The van der Waals surface area contributed by atoms with E-state index in [2.05, 4.69) is 24.3 Å². The number of hydrogen-bond donors (Lipinski definition) is 1. The molecule has 2 fully saturated rings. The summed E-state index contributed by atoms with van der Waals surface area (Å²) in [6, 6.07) is 0. The van der Waals surface area contributed by atoms with Crippen molar-refractivity contribution >= 4 is 12.3 Å². The van der Waals surface area contributed by atoms with Crippen LogP contribution in [0.25, 0.3) is 0 Å². The summed E-state index contributed by atoms with van der Waals surface area (Å²) in [5.74, 6) is 0. The van der Waals surface area contributed by atoms with Crippen LogP contribution in [-0.2, 0) is 18.9 Å². The predicted molar refractivity (Wildman–Crippen MR) is 35.6 cm³/mol. The Morgan fingerprint density at radius 1 is 1.00 bits per heavy atom. The lowest BCUT2D eigenvalue weighted by Gasteiger charge is -2.11. The standard InChI is InChI=1S/C6H7NO6/c8-5-10-1-3(12-5)7-4-2-11-6(9)13-4/h3-4,7H,1-2H2. The Morgan fingerprint density at radius 3 is 1.77 bits per heavy atom. The quantitative estimate of drug-likeness (QED) is 0.589. The molecule has 0 amide bonds. The fourth-order valence-corrected chi connectivity index (χ4v) is 1.03. The highest BCUT2D eigenvalue weighted by molar-refractivity contribution is 5.62. The second-order valence-corrected chi connectivity index (χ2v) is 2.50. The van der Waals surface area contributed by atoms with E-state index in [9.17, 15) is 9.59 Å². The van der Waals surface area contributed by atoms with Gasteiger partial charge in [-0.25, -0.2) is 14.9 Å². The second-order valence-electron chi connectivity index (χ2n) is 2.50. The Hall–Kier alpha value is -1.50. The van der Waals surface area contributed by atoms with Crippen LogP contribution in [0, 0.1) is 0 Å². The van der Waals surface area contributed by atoms with E-state index in [1.165, 1.54) is 0 Å². The lowest BCUT2D eigenvalue weighted by atomic mass is 10.5. The normalized spacial score (nSPS) is 32.0. The average molecular weight is 189 g/mol. The van der Waals surface area contributed by atoms with Crippen LogP contribution in [0.3, 0.4) is 0 Å². The van der Waals surface area contributed by atoms with Crippen molar-refractivity contribution in [3.63, 3.8) is 0 Å². The van der Waals surface area contributed by atoms with E-state index in [0.717, 1.165) is 0 Å². The summed E-state index contributed by atoms with van der Waals surface area (Å²) in [5, 5.41) is 2.70. The van der Waals surface area contributed by atoms with Crippen LogP contribution in [0.1, 0.15) is 0 Å². The van der Waals surface area contributed by atoms with Crippen molar-refractivity contribution in [1.82, 2.24) is 5.32 Å². The first kappa shape index (κ1) is 8.11. The summed E-state index contributed by atoms with van der Waals surface area (Å²) < 4.78 is 18.3. The molecule has 1 N–H and O–H groups in total. The van der Waals surface area contributed by atoms with Crippen molar-refractivity contribution in [2.75, 3.05) is 13.2 Å². The number of cyclic esters (lactones) is 4. The van der Waals surface area contributed by atoms with Gasteiger partial charge in [-0.1, -0.05) is 0 Å². The lowest BCUT2D eigenvalue weighted by molar-refractivity contribution is 0.0590. The molecule has 2 unspecified atom stereocenters. The van der Waals surface area contributed by atoms with Gasteiger partial charge in [-0.05, 0) is 0 Å². The molecule has 0 radical (unpaired) electrons. The van der Waals surface area contributed by atoms with Gasteiger partial charge in [0.1, 0.15) is 13.2 Å². The topological polar surface area (TPSA) is 83.1 Å². The summed E-state index contributed by atoms with van der Waals surface area (Å²) in [5.41, 5.74) is 0. The molecular formula is C6H7NO6. The van der Waals surface area contributed by atoms with Gasteiger partial charge in [-0.2, -0.15) is 0 Å². The van der Waals surface area contributed by atoms with Crippen LogP contribution < -0.4 is 5.32 Å². The molecule has 72 valence electrons. The highest BCUT2D eigenvalue weighted by Gasteiger charge is 2.32. The van der Waals surface area contributed by atoms with Gasteiger partial charge in [0.05, 0.1) is 0 Å². The smallest absolute Gasteiger partial charge is 0.429 e. The van der Waals surface area contributed by atoms with Crippen molar-refractivity contribution in [3.8, 4) is 0 Å². The third kappa shape index (κ3) is 1.81. The molecule has 0 aromatic rings. The Balaban J connectivity index is 1.78. The van der Waals surface area contributed by atoms with Crippen LogP contribution >= 0.6 is 0 Å². The lowest BCUT2D eigenvalue weighted by Crippen LogP contribution is -2.41. The summed E-state index contributed by atoms with van der Waals surface area (Å²) >= 11 is 0. The molecule has 2 heterocycles. The fourth-order valence-electron chi connectivity index (χ4n) is 1.03. The van der Waals surface area contributed by atoms with E-state index in [-0.39, 0.29) is 13.2 Å². The van der Waals surface area contributed by atoms with Crippen LogP contribution in [0.4, 0.5) is 9.59 Å². The Kier molecular flexibility index (Phi) is 1.93. The molecule has 7 heteroatoms. The van der Waals surface area contributed by atoms with Crippen LogP contribution in [-0.4, -0.2) is 38.0 Å². The van der Waals surface area contributed by atoms with Gasteiger partial charge in [0.2, 0.25) is 0 Å². The number of carbonyl (C=O) groups is 2. The zero-order chi connectivity index (χ0) is 9.26. The molecule has 2 aliphatic rings. The van der Waals surface area contributed by atoms with Crippen LogP contribution in [0.5, 0.6) is 0 Å². The zero-order valence-electron chi connectivity index (χ0n) is 6.52. The monoisotopic (exact) mass is 189 g/mol. The molecule has 0 aromatic heterocycles. The van der Waals surface area contributed by atoms with Crippen LogP contribution in [0.2, 0.25) is 0 Å². The van der Waals surface area contributed by atoms with E-state index in [0.29, 0.717) is 0 Å². The third-order valence-electron chi connectivity index (χ3n) is 1.55. The number of ether oxygens (including phenoxy) is 4. The maximum Gasteiger partial charge on any atom is 0.510 e. The molecule has 2 saturated heterocycles. The summed E-state index contributed by atoms with van der Waals surface area (Å²) in [6.45, 7) is 0.208. The Labute approximate surface area is 72.9 Å². The van der Waals surface area contributed by atoms with Gasteiger partial charge >= 0.3 is 12.3 Å². The SMILES string of the molecule is O=C1OCC(NC2COC(=O)O2)O1. The highest BCUT2D eigenvalue weighted by atomic mass is 16.8. The second kappa shape index (κ2) is 3.09. The first-order chi connectivity index (χ1) is 6.24.